The van der Waals surface area contributed by atoms with Gasteiger partial charge in [-0.05, 0) is 48.7 Å². The van der Waals surface area contributed by atoms with Crippen molar-refractivity contribution < 1.29 is 9.59 Å². The second kappa shape index (κ2) is 8.76. The summed E-state index contributed by atoms with van der Waals surface area (Å²) in [7, 11) is 0. The first-order valence-corrected chi connectivity index (χ1v) is 9.34. The molecule has 1 aliphatic rings. The lowest BCUT2D eigenvalue weighted by Crippen LogP contribution is -2.46. The van der Waals surface area contributed by atoms with E-state index in [4.69, 9.17) is 0 Å². The van der Waals surface area contributed by atoms with Gasteiger partial charge in [-0.1, -0.05) is 28.1 Å². The minimum atomic E-state index is -0.113. The van der Waals surface area contributed by atoms with Crippen molar-refractivity contribution in [2.75, 3.05) is 13.1 Å². The summed E-state index contributed by atoms with van der Waals surface area (Å²) in [5.74, 6) is -0.112. The monoisotopic (exact) mass is 413 g/mol. The number of halogens is 1. The van der Waals surface area contributed by atoms with Crippen LogP contribution in [0.15, 0.2) is 59.3 Å². The molecule has 2 heterocycles. The lowest BCUT2D eigenvalue weighted by molar-refractivity contribution is -0.126. The predicted octanol–water partition coefficient (Wildman–Crippen LogP) is 3.28. The fourth-order valence-corrected chi connectivity index (χ4v) is 3.31. The van der Waals surface area contributed by atoms with Crippen molar-refractivity contribution in [1.82, 2.24) is 15.2 Å². The number of carbonyl (C=O) groups excluding carboxylic acids is 2. The lowest BCUT2D eigenvalue weighted by Gasteiger charge is -2.31. The topological polar surface area (TPSA) is 62.3 Å². The van der Waals surface area contributed by atoms with Crippen molar-refractivity contribution in [3.05, 3.63) is 70.5 Å². The Labute approximate surface area is 161 Å². The molecule has 0 radical (unpaired) electrons. The van der Waals surface area contributed by atoms with E-state index in [1.165, 1.54) is 0 Å². The Balaban J connectivity index is 1.48. The minimum absolute atomic E-state index is 0.00186. The number of benzene rings is 1. The third-order valence-corrected chi connectivity index (χ3v) is 4.83. The molecule has 6 heteroatoms. The third kappa shape index (κ3) is 5.02. The van der Waals surface area contributed by atoms with Crippen LogP contribution in [0.25, 0.3) is 6.08 Å². The summed E-state index contributed by atoms with van der Waals surface area (Å²) in [5, 5.41) is 3.02. The molecule has 0 atom stereocenters. The van der Waals surface area contributed by atoms with E-state index in [0.717, 1.165) is 22.9 Å². The first-order valence-electron chi connectivity index (χ1n) is 8.55. The molecule has 134 valence electrons. The molecule has 3 rings (SSSR count). The van der Waals surface area contributed by atoms with Crippen LogP contribution in [0, 0.1) is 0 Å². The number of rotatable bonds is 4. The van der Waals surface area contributed by atoms with Crippen molar-refractivity contribution in [3.63, 3.8) is 0 Å². The summed E-state index contributed by atoms with van der Waals surface area (Å²) in [6, 6.07) is 11.4. The highest BCUT2D eigenvalue weighted by Crippen LogP contribution is 2.15. The van der Waals surface area contributed by atoms with Gasteiger partial charge in [-0.15, -0.1) is 0 Å². The average Bonchev–Trinajstić information content (AvgIpc) is 2.67. The maximum absolute atomic E-state index is 12.3. The van der Waals surface area contributed by atoms with Gasteiger partial charge in [-0.2, -0.15) is 0 Å². The van der Waals surface area contributed by atoms with Crippen LogP contribution in [0.5, 0.6) is 0 Å². The SMILES string of the molecule is O=C(NC1CCN(C(=O)/C=C/c2cccc(Br)c2)CC1)c1cccnc1. The second-order valence-corrected chi connectivity index (χ2v) is 7.12. The second-order valence-electron chi connectivity index (χ2n) is 6.20. The van der Waals surface area contributed by atoms with Crippen LogP contribution in [0.2, 0.25) is 0 Å². The largest absolute Gasteiger partial charge is 0.349 e. The molecule has 1 aromatic heterocycles. The number of aromatic nitrogens is 1. The zero-order valence-corrected chi connectivity index (χ0v) is 15.9. The summed E-state index contributed by atoms with van der Waals surface area (Å²) < 4.78 is 0.984. The van der Waals surface area contributed by atoms with Crippen LogP contribution in [0.1, 0.15) is 28.8 Å². The first-order chi connectivity index (χ1) is 12.6. The van der Waals surface area contributed by atoms with E-state index in [1.54, 1.807) is 30.6 Å². The summed E-state index contributed by atoms with van der Waals surface area (Å²) in [4.78, 5) is 30.3. The molecule has 0 unspecified atom stereocenters. The molecular weight excluding hydrogens is 394 g/mol. The van der Waals surface area contributed by atoms with Crippen LogP contribution in [-0.4, -0.2) is 40.8 Å². The van der Waals surface area contributed by atoms with Gasteiger partial charge in [0.15, 0.2) is 0 Å². The quantitative estimate of drug-likeness (QED) is 0.782. The van der Waals surface area contributed by atoms with Crippen LogP contribution >= 0.6 is 15.9 Å². The Kier molecular flexibility index (Phi) is 6.17. The average molecular weight is 414 g/mol. The molecule has 1 N–H and O–H groups in total. The minimum Gasteiger partial charge on any atom is -0.349 e. The number of nitrogens with zero attached hydrogens (tertiary/aromatic N) is 2. The predicted molar refractivity (Wildman–Crippen MR) is 104 cm³/mol. The fourth-order valence-electron chi connectivity index (χ4n) is 2.89. The van der Waals surface area contributed by atoms with Gasteiger partial charge in [0.25, 0.3) is 5.91 Å². The Morgan fingerprint density at radius 3 is 2.69 bits per heavy atom. The molecule has 2 amide bonds. The zero-order chi connectivity index (χ0) is 18.4. The number of hydrogen-bond donors (Lipinski definition) is 1. The van der Waals surface area contributed by atoms with Crippen molar-refractivity contribution in [2.45, 2.75) is 18.9 Å². The number of hydrogen-bond acceptors (Lipinski definition) is 3. The standard InChI is InChI=1S/C20H20BrN3O2/c21-17-5-1-3-15(13-17)6-7-19(25)24-11-8-18(9-12-24)23-20(26)16-4-2-10-22-14-16/h1-7,10,13-14,18H,8-9,11-12H2,(H,23,26)/b7-6+. The Morgan fingerprint density at radius 2 is 2.00 bits per heavy atom. The molecule has 0 bridgehead atoms. The van der Waals surface area contributed by atoms with Gasteiger partial charge in [0.05, 0.1) is 5.56 Å². The van der Waals surface area contributed by atoms with Crippen LogP contribution in [0.4, 0.5) is 0 Å². The summed E-state index contributed by atoms with van der Waals surface area (Å²) in [5.41, 5.74) is 1.54. The first kappa shape index (κ1) is 18.3. The normalized spacial score (nSPS) is 15.2. The molecule has 1 aromatic carbocycles. The summed E-state index contributed by atoms with van der Waals surface area (Å²) in [6.07, 6.45) is 8.13. The maximum atomic E-state index is 12.3. The lowest BCUT2D eigenvalue weighted by atomic mass is 10.0. The maximum Gasteiger partial charge on any atom is 0.253 e. The smallest absolute Gasteiger partial charge is 0.253 e. The highest BCUT2D eigenvalue weighted by molar-refractivity contribution is 9.10. The van der Waals surface area contributed by atoms with E-state index < -0.39 is 0 Å². The van der Waals surface area contributed by atoms with Gasteiger partial charge >= 0.3 is 0 Å². The zero-order valence-electron chi connectivity index (χ0n) is 14.3. The molecule has 1 saturated heterocycles. The van der Waals surface area contributed by atoms with E-state index in [9.17, 15) is 9.59 Å². The number of carbonyl (C=O) groups is 2. The van der Waals surface area contributed by atoms with Gasteiger partial charge in [0.2, 0.25) is 5.91 Å². The van der Waals surface area contributed by atoms with E-state index in [0.29, 0.717) is 18.7 Å². The van der Waals surface area contributed by atoms with Gasteiger partial charge in [0.1, 0.15) is 0 Å². The molecule has 1 fully saturated rings. The highest BCUT2D eigenvalue weighted by atomic mass is 79.9. The molecule has 1 aliphatic heterocycles. The summed E-state index contributed by atoms with van der Waals surface area (Å²) in [6.45, 7) is 1.28. The van der Waals surface area contributed by atoms with Crippen LogP contribution in [-0.2, 0) is 4.79 Å². The molecule has 0 saturated carbocycles. The molecule has 5 nitrogen and oxygen atoms in total. The van der Waals surface area contributed by atoms with Gasteiger partial charge in [0, 0.05) is 42.1 Å². The number of pyridine rings is 1. The van der Waals surface area contributed by atoms with Crippen LogP contribution < -0.4 is 5.32 Å². The van der Waals surface area contributed by atoms with Crippen molar-refractivity contribution in [1.29, 1.82) is 0 Å². The van der Waals surface area contributed by atoms with E-state index >= 15 is 0 Å². The van der Waals surface area contributed by atoms with Gasteiger partial charge in [-0.25, -0.2) is 0 Å². The van der Waals surface area contributed by atoms with Gasteiger partial charge < -0.3 is 10.2 Å². The van der Waals surface area contributed by atoms with Crippen molar-refractivity contribution in [3.8, 4) is 0 Å². The Bertz CT molecular complexity index is 800. The van der Waals surface area contributed by atoms with E-state index in [2.05, 4.69) is 26.2 Å². The molecule has 26 heavy (non-hydrogen) atoms. The highest BCUT2D eigenvalue weighted by Gasteiger charge is 2.23. The number of likely N-dealkylation sites (tertiary alicyclic amines) is 1. The van der Waals surface area contributed by atoms with Crippen molar-refractivity contribution in [2.24, 2.45) is 0 Å². The van der Waals surface area contributed by atoms with E-state index in [-0.39, 0.29) is 17.9 Å². The fraction of sp³-hybridized carbons (Fsp3) is 0.250. The van der Waals surface area contributed by atoms with Crippen LogP contribution in [0.3, 0.4) is 0 Å². The summed E-state index contributed by atoms with van der Waals surface area (Å²) >= 11 is 3.42. The van der Waals surface area contributed by atoms with Crippen molar-refractivity contribution >= 4 is 33.8 Å². The Hall–Kier alpha value is -2.47. The molecule has 0 aliphatic carbocycles. The number of nitrogens with one attached hydrogen (secondary N) is 1. The van der Waals surface area contributed by atoms with Gasteiger partial charge in [-0.3, -0.25) is 14.6 Å². The molecular formula is C20H20BrN3O2. The third-order valence-electron chi connectivity index (χ3n) is 4.33. The Morgan fingerprint density at radius 1 is 1.19 bits per heavy atom. The number of amides is 2. The number of piperidine rings is 1. The molecule has 0 spiro atoms. The van der Waals surface area contributed by atoms with E-state index in [1.807, 2.05) is 35.2 Å². The molecule has 2 aromatic rings.